The average Bonchev–Trinajstić information content (AvgIpc) is 2.94. The van der Waals surface area contributed by atoms with Crippen molar-refractivity contribution >= 4 is 11.8 Å². The van der Waals surface area contributed by atoms with E-state index in [4.69, 9.17) is 4.74 Å². The molecule has 0 aliphatic heterocycles. The van der Waals surface area contributed by atoms with E-state index in [-0.39, 0.29) is 29.7 Å². The van der Waals surface area contributed by atoms with Crippen LogP contribution in [0, 0.1) is 5.92 Å². The van der Waals surface area contributed by atoms with Crippen LogP contribution in [0.2, 0.25) is 0 Å². The van der Waals surface area contributed by atoms with Gasteiger partial charge in [-0.1, -0.05) is 0 Å². The fourth-order valence-corrected chi connectivity index (χ4v) is 2.71. The first kappa shape index (κ1) is 13.1. The zero-order chi connectivity index (χ0) is 14.7. The number of alkyl halides is 3. The van der Waals surface area contributed by atoms with Crippen molar-refractivity contribution in [2.75, 3.05) is 6.61 Å². The highest BCUT2D eigenvalue weighted by molar-refractivity contribution is 6.06. The predicted octanol–water partition coefficient (Wildman–Crippen LogP) is 1.76. The molecule has 8 heteroatoms. The number of fused-ring (bicyclic) bond motifs is 3. The Morgan fingerprint density at radius 3 is 2.75 bits per heavy atom. The van der Waals surface area contributed by atoms with Crippen molar-refractivity contribution in [1.29, 1.82) is 0 Å². The molecule has 108 valence electrons. The molecule has 0 saturated heterocycles. The Labute approximate surface area is 111 Å². The molecule has 0 amide bonds. The lowest BCUT2D eigenvalue weighted by Gasteiger charge is -2.05. The predicted molar refractivity (Wildman–Crippen MR) is 59.0 cm³/mol. The smallest absolute Gasteiger partial charge is 0.435 e. The molecule has 2 aliphatic rings. The van der Waals surface area contributed by atoms with E-state index in [0.29, 0.717) is 6.42 Å². The Morgan fingerprint density at radius 1 is 1.45 bits per heavy atom. The van der Waals surface area contributed by atoms with Crippen molar-refractivity contribution in [2.24, 2.45) is 5.92 Å². The van der Waals surface area contributed by atoms with Crippen LogP contribution in [-0.4, -0.2) is 28.1 Å². The van der Waals surface area contributed by atoms with Gasteiger partial charge in [-0.2, -0.15) is 18.3 Å². The van der Waals surface area contributed by atoms with Crippen molar-refractivity contribution in [3.8, 4) is 0 Å². The molecule has 0 aromatic carbocycles. The van der Waals surface area contributed by atoms with Crippen LogP contribution >= 0.6 is 0 Å². The molecule has 1 fully saturated rings. The molecule has 1 saturated carbocycles. The van der Waals surface area contributed by atoms with Crippen LogP contribution in [0.25, 0.3) is 0 Å². The van der Waals surface area contributed by atoms with Crippen LogP contribution in [0.1, 0.15) is 41.0 Å². The van der Waals surface area contributed by atoms with Gasteiger partial charge in [0.2, 0.25) is 0 Å². The van der Waals surface area contributed by atoms with Crippen LogP contribution in [-0.2, 0) is 22.3 Å². The number of hydrogen-bond acceptors (Lipinski definition) is 4. The van der Waals surface area contributed by atoms with E-state index in [0.717, 1.165) is 4.68 Å². The average molecular weight is 288 g/mol. The maximum absolute atomic E-state index is 12.9. The van der Waals surface area contributed by atoms with Gasteiger partial charge < -0.3 is 4.74 Å². The zero-order valence-electron chi connectivity index (χ0n) is 10.5. The summed E-state index contributed by atoms with van der Waals surface area (Å²) in [6.45, 7) is 1.34. The van der Waals surface area contributed by atoms with Crippen molar-refractivity contribution < 1.29 is 27.5 Å². The van der Waals surface area contributed by atoms with Crippen LogP contribution in [0.5, 0.6) is 0 Å². The summed E-state index contributed by atoms with van der Waals surface area (Å²) in [5.41, 5.74) is -1.31. The molecule has 0 bridgehead atoms. The summed E-state index contributed by atoms with van der Waals surface area (Å²) in [6.07, 6.45) is -4.16. The van der Waals surface area contributed by atoms with E-state index < -0.39 is 30.2 Å². The Balaban J connectivity index is 2.02. The number of ether oxygens (including phenoxy) is 1. The van der Waals surface area contributed by atoms with E-state index in [2.05, 4.69) is 5.10 Å². The lowest BCUT2D eigenvalue weighted by atomic mass is 10.1. The molecule has 0 spiro atoms. The summed E-state index contributed by atoms with van der Waals surface area (Å²) >= 11 is 0. The Bertz CT molecular complexity index is 606. The van der Waals surface area contributed by atoms with Gasteiger partial charge in [-0.05, 0) is 13.3 Å². The van der Waals surface area contributed by atoms with Gasteiger partial charge in [0, 0.05) is 11.8 Å². The minimum atomic E-state index is -4.70. The molecule has 1 aromatic rings. The van der Waals surface area contributed by atoms with Gasteiger partial charge in [0.05, 0.1) is 17.9 Å². The van der Waals surface area contributed by atoms with E-state index in [1.807, 2.05) is 0 Å². The molecule has 2 unspecified atom stereocenters. The van der Waals surface area contributed by atoms with Gasteiger partial charge in [-0.3, -0.25) is 14.3 Å². The lowest BCUT2D eigenvalue weighted by Crippen LogP contribution is -2.17. The molecule has 0 radical (unpaired) electrons. The van der Waals surface area contributed by atoms with Gasteiger partial charge in [0.25, 0.3) is 0 Å². The number of aromatic nitrogens is 2. The normalized spacial score (nSPS) is 23.5. The summed E-state index contributed by atoms with van der Waals surface area (Å²) in [5, 5.41) is 3.42. The van der Waals surface area contributed by atoms with Crippen LogP contribution in [0.15, 0.2) is 0 Å². The van der Waals surface area contributed by atoms with Crippen molar-refractivity contribution in [1.82, 2.24) is 9.78 Å². The second kappa shape index (κ2) is 4.07. The second-order valence-electron chi connectivity index (χ2n) is 4.88. The van der Waals surface area contributed by atoms with E-state index in [9.17, 15) is 22.8 Å². The fraction of sp³-hybridized carbons (Fsp3) is 0.583. The molecule has 3 rings (SSSR count). The number of carbonyl (C=O) groups excluding carboxylic acids is 2. The summed E-state index contributed by atoms with van der Waals surface area (Å²) in [4.78, 5) is 23.3. The number of esters is 1. The molecule has 20 heavy (non-hydrogen) atoms. The van der Waals surface area contributed by atoms with Gasteiger partial charge in [0.1, 0.15) is 6.54 Å². The monoisotopic (exact) mass is 288 g/mol. The van der Waals surface area contributed by atoms with Gasteiger partial charge in [-0.25, -0.2) is 0 Å². The summed E-state index contributed by atoms with van der Waals surface area (Å²) < 4.78 is 44.4. The molecule has 5 nitrogen and oxygen atoms in total. The van der Waals surface area contributed by atoms with E-state index in [1.54, 1.807) is 6.92 Å². The molecule has 0 N–H and O–H groups in total. The highest BCUT2D eigenvalue weighted by Gasteiger charge is 2.58. The zero-order valence-corrected chi connectivity index (χ0v) is 10.5. The third kappa shape index (κ3) is 1.82. The number of halogens is 3. The molecular weight excluding hydrogens is 277 g/mol. The first-order valence-electron chi connectivity index (χ1n) is 6.22. The van der Waals surface area contributed by atoms with Gasteiger partial charge in [0.15, 0.2) is 11.5 Å². The molecule has 1 aromatic heterocycles. The summed E-state index contributed by atoms with van der Waals surface area (Å²) in [6, 6.07) is 0. The highest BCUT2D eigenvalue weighted by atomic mass is 19.4. The van der Waals surface area contributed by atoms with E-state index >= 15 is 0 Å². The first-order chi connectivity index (χ1) is 9.34. The summed E-state index contributed by atoms with van der Waals surface area (Å²) in [5.74, 6) is -1.76. The number of hydrogen-bond donors (Lipinski definition) is 0. The second-order valence-corrected chi connectivity index (χ2v) is 4.88. The Morgan fingerprint density at radius 2 is 2.15 bits per heavy atom. The lowest BCUT2D eigenvalue weighted by molar-refractivity contribution is -0.146. The third-order valence-electron chi connectivity index (χ3n) is 3.57. The quantitative estimate of drug-likeness (QED) is 0.795. The number of Topliss-reactive ketones (excluding diaryl/α,β-unsaturated/α-hetero) is 1. The molecule has 1 heterocycles. The number of nitrogens with zero attached hydrogens (tertiary/aromatic N) is 2. The third-order valence-corrected chi connectivity index (χ3v) is 3.57. The maximum atomic E-state index is 12.9. The minimum absolute atomic E-state index is 0.138. The van der Waals surface area contributed by atoms with Gasteiger partial charge >= 0.3 is 12.1 Å². The largest absolute Gasteiger partial charge is 0.465 e. The Kier molecular flexibility index (Phi) is 2.67. The fourth-order valence-electron chi connectivity index (χ4n) is 2.71. The van der Waals surface area contributed by atoms with Crippen LogP contribution < -0.4 is 0 Å². The van der Waals surface area contributed by atoms with Crippen molar-refractivity contribution in [3.05, 3.63) is 17.0 Å². The molecule has 2 atom stereocenters. The van der Waals surface area contributed by atoms with Gasteiger partial charge in [-0.15, -0.1) is 0 Å². The standard InChI is InChI=1S/C12H11F3N2O3/c1-2-20-7(18)4-17-9-5-3-6(5)10(19)8(9)11(16-17)12(13,14)15/h5-6H,2-4H2,1H3. The highest BCUT2D eigenvalue weighted by Crippen LogP contribution is 2.58. The minimum Gasteiger partial charge on any atom is -0.465 e. The number of ketones is 1. The molecular formula is C12H11F3N2O3. The first-order valence-corrected chi connectivity index (χ1v) is 6.22. The molecule has 2 aliphatic carbocycles. The Hall–Kier alpha value is -1.86. The number of carbonyl (C=O) groups is 2. The van der Waals surface area contributed by atoms with Crippen molar-refractivity contribution in [2.45, 2.75) is 32.0 Å². The SMILES string of the molecule is CCOC(=O)Cn1nc(C(F)(F)F)c2c1C1CC1C2=O. The van der Waals surface area contributed by atoms with Crippen LogP contribution in [0.3, 0.4) is 0 Å². The van der Waals surface area contributed by atoms with E-state index in [1.165, 1.54) is 0 Å². The topological polar surface area (TPSA) is 61.2 Å². The van der Waals surface area contributed by atoms with Crippen LogP contribution in [0.4, 0.5) is 13.2 Å². The maximum Gasteiger partial charge on any atom is 0.435 e. The summed E-state index contributed by atoms with van der Waals surface area (Å²) in [7, 11) is 0. The number of rotatable bonds is 3. The van der Waals surface area contributed by atoms with Crippen molar-refractivity contribution in [3.63, 3.8) is 0 Å².